The van der Waals surface area contributed by atoms with E-state index in [-0.39, 0.29) is 17.0 Å². The molecule has 0 radical (unpaired) electrons. The van der Waals surface area contributed by atoms with Gasteiger partial charge < -0.3 is 15.2 Å². The summed E-state index contributed by atoms with van der Waals surface area (Å²) in [5.41, 5.74) is 8.13. The molecule has 0 aliphatic carbocycles. The molecule has 1 aromatic heterocycles. The molecule has 1 amide bonds. The van der Waals surface area contributed by atoms with Crippen LogP contribution in [0.1, 0.15) is 17.5 Å². The van der Waals surface area contributed by atoms with Crippen LogP contribution in [0, 0.1) is 0 Å². The Hall–Kier alpha value is -2.53. The number of hydrogen-bond acceptors (Lipinski definition) is 9. The van der Waals surface area contributed by atoms with Gasteiger partial charge in [0.25, 0.3) is 0 Å². The van der Waals surface area contributed by atoms with Crippen molar-refractivity contribution in [2.45, 2.75) is 17.7 Å². The Morgan fingerprint density at radius 1 is 1.34 bits per heavy atom. The molecular weight excluding hydrogens is 412 g/mol. The Kier molecular flexibility index (Phi) is 5.76. The third kappa shape index (κ3) is 3.84. The van der Waals surface area contributed by atoms with E-state index < -0.39 is 18.3 Å². The molecule has 0 bridgehead atoms. The largest absolute Gasteiger partial charge is 0.427 e. The fourth-order valence-corrected chi connectivity index (χ4v) is 4.79. The number of thioether (sulfide) groups is 1. The summed E-state index contributed by atoms with van der Waals surface area (Å²) in [6.45, 7) is 0. The number of nitrogens with two attached hydrogens (primary N) is 1. The van der Waals surface area contributed by atoms with Crippen molar-refractivity contribution in [1.82, 2.24) is 14.5 Å². The number of nitrogens with zero attached hydrogens (tertiary/aromatic N) is 3. The number of allylic oxidation sites excluding steroid dienone is 1. The molecule has 2 N–H and O–H groups in total. The molecule has 3 heterocycles. The minimum Gasteiger partial charge on any atom is -0.427 e. The van der Waals surface area contributed by atoms with E-state index in [0.717, 1.165) is 0 Å². The topological polar surface area (TPSA) is 108 Å². The van der Waals surface area contributed by atoms with Crippen LogP contribution in [-0.4, -0.2) is 50.6 Å². The number of hydrogen-bond donors (Lipinski definition) is 1. The SMILES string of the molecule is COC(OC(=O)C1=C(/C=C\c2csnn2)CS[C@H]2C(N)C(=O)N12)c1ccccc1. The lowest BCUT2D eigenvalue weighted by Crippen LogP contribution is -2.68. The van der Waals surface area contributed by atoms with Crippen LogP contribution in [0.25, 0.3) is 6.08 Å². The molecule has 0 spiro atoms. The Labute approximate surface area is 175 Å². The number of methoxy groups -OCH3 is 1. The zero-order valence-electron chi connectivity index (χ0n) is 15.4. The van der Waals surface area contributed by atoms with Gasteiger partial charge in [-0.2, -0.15) is 0 Å². The van der Waals surface area contributed by atoms with Crippen molar-refractivity contribution in [2.75, 3.05) is 12.9 Å². The molecule has 2 aliphatic rings. The lowest BCUT2D eigenvalue weighted by atomic mass is 10.0. The fraction of sp³-hybridized carbons (Fsp3) is 0.263. The number of carbonyl (C=O) groups is 2. The molecule has 1 saturated heterocycles. The summed E-state index contributed by atoms with van der Waals surface area (Å²) < 4.78 is 14.8. The van der Waals surface area contributed by atoms with Crippen molar-refractivity contribution in [1.29, 1.82) is 0 Å². The van der Waals surface area contributed by atoms with Crippen LogP contribution in [0.5, 0.6) is 0 Å². The fourth-order valence-electron chi connectivity index (χ4n) is 3.10. The maximum Gasteiger partial charge on any atom is 0.357 e. The Bertz CT molecular complexity index is 962. The maximum atomic E-state index is 13.1. The maximum absolute atomic E-state index is 13.1. The standard InChI is InChI=1S/C19H18N4O4S2/c1-26-19(11-5-3-2-4-6-11)27-18(25)15-12(7-8-13-10-29-22-21-13)9-28-17-14(20)16(24)23(15)17/h2-8,10,14,17,19H,9,20H2,1H3/b8-7-/t14?,17-,19?/m0/s1. The van der Waals surface area contributed by atoms with Crippen molar-refractivity contribution in [3.8, 4) is 0 Å². The number of carbonyl (C=O) groups excluding carboxylic acids is 2. The summed E-state index contributed by atoms with van der Waals surface area (Å²) >= 11 is 2.74. The number of amides is 1. The van der Waals surface area contributed by atoms with Crippen molar-refractivity contribution < 1.29 is 19.1 Å². The van der Waals surface area contributed by atoms with Crippen molar-refractivity contribution in [3.05, 3.63) is 64.3 Å². The first-order chi connectivity index (χ1) is 14.1. The summed E-state index contributed by atoms with van der Waals surface area (Å²) in [6.07, 6.45) is 2.63. The summed E-state index contributed by atoms with van der Waals surface area (Å²) in [6, 6.07) is 8.50. The molecule has 4 rings (SSSR count). The van der Waals surface area contributed by atoms with Crippen LogP contribution < -0.4 is 5.73 Å². The zero-order valence-corrected chi connectivity index (χ0v) is 17.1. The van der Waals surface area contributed by atoms with Gasteiger partial charge in [-0.15, -0.1) is 16.9 Å². The van der Waals surface area contributed by atoms with Gasteiger partial charge in [0.2, 0.25) is 12.2 Å². The smallest absolute Gasteiger partial charge is 0.357 e. The third-order valence-corrected chi connectivity index (χ3v) is 6.41. The first-order valence-corrected chi connectivity index (χ1v) is 10.7. The predicted molar refractivity (Wildman–Crippen MR) is 109 cm³/mol. The van der Waals surface area contributed by atoms with Gasteiger partial charge in [-0.1, -0.05) is 40.9 Å². The van der Waals surface area contributed by atoms with E-state index in [0.29, 0.717) is 22.6 Å². The molecule has 3 atom stereocenters. The van der Waals surface area contributed by atoms with Gasteiger partial charge in [0, 0.05) is 23.8 Å². The number of fused-ring (bicyclic) bond motifs is 1. The van der Waals surface area contributed by atoms with Gasteiger partial charge in [-0.25, -0.2) is 4.79 Å². The molecule has 0 saturated carbocycles. The summed E-state index contributed by atoms with van der Waals surface area (Å²) in [4.78, 5) is 26.9. The van der Waals surface area contributed by atoms with E-state index in [2.05, 4.69) is 9.59 Å². The molecule has 10 heteroatoms. The van der Waals surface area contributed by atoms with E-state index in [4.69, 9.17) is 15.2 Å². The number of rotatable bonds is 6. The van der Waals surface area contributed by atoms with Crippen molar-refractivity contribution >= 4 is 41.2 Å². The lowest BCUT2D eigenvalue weighted by molar-refractivity contribution is -0.175. The second kappa shape index (κ2) is 8.46. The Balaban J connectivity index is 1.64. The van der Waals surface area contributed by atoms with Gasteiger partial charge in [-0.05, 0) is 23.2 Å². The number of esters is 1. The highest BCUT2D eigenvalue weighted by molar-refractivity contribution is 8.00. The number of ether oxygens (including phenoxy) is 2. The molecule has 2 unspecified atom stereocenters. The summed E-state index contributed by atoms with van der Waals surface area (Å²) in [7, 11) is 1.46. The average Bonchev–Trinajstić information content (AvgIpc) is 3.28. The monoisotopic (exact) mass is 430 g/mol. The minimum absolute atomic E-state index is 0.192. The summed E-state index contributed by atoms with van der Waals surface area (Å²) in [5.74, 6) is -0.421. The minimum atomic E-state index is -0.887. The molecule has 1 aromatic carbocycles. The Morgan fingerprint density at radius 3 is 2.83 bits per heavy atom. The summed E-state index contributed by atoms with van der Waals surface area (Å²) in [5, 5.41) is 5.47. The van der Waals surface area contributed by atoms with Crippen LogP contribution in [0.15, 0.2) is 53.1 Å². The van der Waals surface area contributed by atoms with Crippen LogP contribution >= 0.6 is 23.3 Å². The van der Waals surface area contributed by atoms with Crippen LogP contribution in [-0.2, 0) is 19.1 Å². The van der Waals surface area contributed by atoms with Crippen molar-refractivity contribution in [2.24, 2.45) is 5.73 Å². The van der Waals surface area contributed by atoms with Gasteiger partial charge in [0.15, 0.2) is 0 Å². The van der Waals surface area contributed by atoms with Gasteiger partial charge in [0.05, 0.1) is 5.69 Å². The molecule has 2 aliphatic heterocycles. The van der Waals surface area contributed by atoms with Gasteiger partial charge >= 0.3 is 5.97 Å². The number of β-lactam (4-membered cyclic amide) rings is 1. The first-order valence-electron chi connectivity index (χ1n) is 8.77. The Morgan fingerprint density at radius 2 is 2.14 bits per heavy atom. The van der Waals surface area contributed by atoms with E-state index >= 15 is 0 Å². The number of aromatic nitrogens is 2. The quantitative estimate of drug-likeness (QED) is 0.421. The molecule has 1 fully saturated rings. The first kappa shape index (κ1) is 19.8. The zero-order chi connectivity index (χ0) is 20.4. The van der Waals surface area contributed by atoms with Gasteiger partial charge in [-0.3, -0.25) is 9.69 Å². The highest BCUT2D eigenvalue weighted by Gasteiger charge is 2.52. The molecular formula is C19H18N4O4S2. The lowest BCUT2D eigenvalue weighted by Gasteiger charge is -2.48. The van der Waals surface area contributed by atoms with Crippen LogP contribution in [0.3, 0.4) is 0 Å². The van der Waals surface area contributed by atoms with E-state index in [1.807, 2.05) is 18.2 Å². The molecule has 150 valence electrons. The van der Waals surface area contributed by atoms with Crippen LogP contribution in [0.4, 0.5) is 0 Å². The highest BCUT2D eigenvalue weighted by Crippen LogP contribution is 2.40. The van der Waals surface area contributed by atoms with Gasteiger partial charge in [0.1, 0.15) is 17.1 Å². The predicted octanol–water partition coefficient (Wildman–Crippen LogP) is 1.94. The average molecular weight is 431 g/mol. The van der Waals surface area contributed by atoms with E-state index in [1.165, 1.54) is 35.3 Å². The highest BCUT2D eigenvalue weighted by atomic mass is 32.2. The number of benzene rings is 1. The van der Waals surface area contributed by atoms with E-state index in [9.17, 15) is 9.59 Å². The molecule has 29 heavy (non-hydrogen) atoms. The molecule has 2 aromatic rings. The second-order valence-electron chi connectivity index (χ2n) is 6.36. The normalized spacial score (nSPS) is 22.4. The van der Waals surface area contributed by atoms with E-state index in [1.54, 1.807) is 29.7 Å². The van der Waals surface area contributed by atoms with Crippen molar-refractivity contribution in [3.63, 3.8) is 0 Å². The van der Waals surface area contributed by atoms with Crippen LogP contribution in [0.2, 0.25) is 0 Å². The second-order valence-corrected chi connectivity index (χ2v) is 8.07. The third-order valence-electron chi connectivity index (χ3n) is 4.56. The molecule has 8 nitrogen and oxygen atoms in total.